The Morgan fingerprint density at radius 3 is 2.11 bits per heavy atom. The highest BCUT2D eigenvalue weighted by Crippen LogP contribution is 2.39. The Morgan fingerprint density at radius 2 is 1.61 bits per heavy atom. The van der Waals surface area contributed by atoms with Crippen molar-refractivity contribution in [2.45, 2.75) is 34.6 Å². The zero-order chi connectivity index (χ0) is 13.7. The summed E-state index contributed by atoms with van der Waals surface area (Å²) >= 11 is 0. The Morgan fingerprint density at radius 1 is 1.00 bits per heavy atom. The molecule has 3 nitrogen and oxygen atoms in total. The summed E-state index contributed by atoms with van der Waals surface area (Å²) in [7, 11) is 2.07. The molecule has 0 saturated carbocycles. The van der Waals surface area contributed by atoms with Gasteiger partial charge in [-0.1, -0.05) is 0 Å². The molecular weight excluding hydrogens is 226 g/mol. The van der Waals surface area contributed by atoms with Crippen molar-refractivity contribution in [2.75, 3.05) is 31.7 Å². The van der Waals surface area contributed by atoms with Crippen LogP contribution in [0.4, 0.5) is 5.69 Å². The molecule has 0 aliphatic heterocycles. The predicted molar refractivity (Wildman–Crippen MR) is 77.2 cm³/mol. The largest absolute Gasteiger partial charge is 0.494 e. The lowest BCUT2D eigenvalue weighted by atomic mass is 10.1. The van der Waals surface area contributed by atoms with Gasteiger partial charge in [-0.05, 0) is 45.7 Å². The van der Waals surface area contributed by atoms with Crippen LogP contribution >= 0.6 is 0 Å². The summed E-state index contributed by atoms with van der Waals surface area (Å²) < 4.78 is 11.5. The summed E-state index contributed by atoms with van der Waals surface area (Å²) in [6.45, 7) is 12.6. The zero-order valence-electron chi connectivity index (χ0n) is 12.5. The van der Waals surface area contributed by atoms with Gasteiger partial charge in [-0.15, -0.1) is 0 Å². The maximum atomic E-state index is 5.81. The molecule has 0 fully saturated rings. The van der Waals surface area contributed by atoms with Crippen LogP contribution < -0.4 is 14.4 Å². The number of benzene rings is 1. The molecule has 1 rings (SSSR count). The SMILES string of the molecule is CCOc1cc(N(C)CC)c(OCC)c(C)c1C. The van der Waals surface area contributed by atoms with E-state index in [-0.39, 0.29) is 0 Å². The molecule has 0 aliphatic rings. The van der Waals surface area contributed by atoms with Crippen LogP contribution in [0.15, 0.2) is 6.07 Å². The van der Waals surface area contributed by atoms with Crippen LogP contribution in [0.25, 0.3) is 0 Å². The summed E-state index contributed by atoms with van der Waals surface area (Å²) in [6, 6.07) is 2.08. The topological polar surface area (TPSA) is 21.7 Å². The Balaban J connectivity index is 3.35. The average molecular weight is 251 g/mol. The molecule has 0 bridgehead atoms. The van der Waals surface area contributed by atoms with Crippen molar-refractivity contribution in [3.63, 3.8) is 0 Å². The van der Waals surface area contributed by atoms with Crippen molar-refractivity contribution in [1.82, 2.24) is 0 Å². The van der Waals surface area contributed by atoms with Crippen LogP contribution in [-0.2, 0) is 0 Å². The zero-order valence-corrected chi connectivity index (χ0v) is 12.5. The van der Waals surface area contributed by atoms with Crippen LogP contribution in [0.5, 0.6) is 11.5 Å². The van der Waals surface area contributed by atoms with Gasteiger partial charge in [-0.2, -0.15) is 0 Å². The third kappa shape index (κ3) is 2.89. The lowest BCUT2D eigenvalue weighted by Crippen LogP contribution is -2.18. The van der Waals surface area contributed by atoms with Crippen molar-refractivity contribution in [3.05, 3.63) is 17.2 Å². The van der Waals surface area contributed by atoms with Crippen molar-refractivity contribution in [1.29, 1.82) is 0 Å². The lowest BCUT2D eigenvalue weighted by Gasteiger charge is -2.24. The molecule has 1 aromatic carbocycles. The highest BCUT2D eigenvalue weighted by atomic mass is 16.5. The van der Waals surface area contributed by atoms with Crippen LogP contribution in [0.2, 0.25) is 0 Å². The first-order chi connectivity index (χ1) is 8.56. The van der Waals surface area contributed by atoms with Gasteiger partial charge in [0.1, 0.15) is 11.5 Å². The first-order valence-corrected chi connectivity index (χ1v) is 6.67. The standard InChI is InChI=1S/C15H25NO2/c1-7-16(6)13-10-14(17-8-2)11(4)12(5)15(13)18-9-3/h10H,7-9H2,1-6H3. The maximum absolute atomic E-state index is 5.81. The number of rotatable bonds is 6. The molecular formula is C15H25NO2. The van der Waals surface area contributed by atoms with E-state index in [9.17, 15) is 0 Å². The third-order valence-corrected chi connectivity index (χ3v) is 3.25. The smallest absolute Gasteiger partial charge is 0.145 e. The maximum Gasteiger partial charge on any atom is 0.145 e. The van der Waals surface area contributed by atoms with Gasteiger partial charge in [0, 0.05) is 19.7 Å². The summed E-state index contributed by atoms with van der Waals surface area (Å²) in [4.78, 5) is 2.18. The predicted octanol–water partition coefficient (Wildman–Crippen LogP) is 3.56. The Kier molecular flexibility index (Phi) is 5.32. The minimum absolute atomic E-state index is 0.679. The molecule has 102 valence electrons. The van der Waals surface area contributed by atoms with Crippen LogP contribution in [0.3, 0.4) is 0 Å². The quantitative estimate of drug-likeness (QED) is 0.771. The molecule has 0 amide bonds. The normalized spacial score (nSPS) is 10.3. The minimum Gasteiger partial charge on any atom is -0.494 e. The second-order valence-electron chi connectivity index (χ2n) is 4.35. The lowest BCUT2D eigenvalue weighted by molar-refractivity contribution is 0.327. The second-order valence-corrected chi connectivity index (χ2v) is 4.35. The Hall–Kier alpha value is -1.38. The van der Waals surface area contributed by atoms with E-state index < -0.39 is 0 Å². The van der Waals surface area contributed by atoms with Crippen LogP contribution in [0, 0.1) is 13.8 Å². The second kappa shape index (κ2) is 6.53. The molecule has 0 radical (unpaired) electrons. The van der Waals surface area contributed by atoms with Crippen molar-refractivity contribution in [3.8, 4) is 11.5 Å². The average Bonchev–Trinajstić information content (AvgIpc) is 2.37. The first-order valence-electron chi connectivity index (χ1n) is 6.67. The molecule has 0 N–H and O–H groups in total. The fraction of sp³-hybridized carbons (Fsp3) is 0.600. The van der Waals surface area contributed by atoms with Gasteiger partial charge < -0.3 is 14.4 Å². The molecule has 1 aromatic rings. The summed E-state index contributed by atoms with van der Waals surface area (Å²) in [6.07, 6.45) is 0. The summed E-state index contributed by atoms with van der Waals surface area (Å²) in [5.74, 6) is 1.93. The highest BCUT2D eigenvalue weighted by Gasteiger charge is 2.16. The van der Waals surface area contributed by atoms with E-state index in [4.69, 9.17) is 9.47 Å². The molecule has 0 aromatic heterocycles. The van der Waals surface area contributed by atoms with E-state index in [1.165, 1.54) is 0 Å². The summed E-state index contributed by atoms with van der Waals surface area (Å²) in [5.41, 5.74) is 3.43. The third-order valence-electron chi connectivity index (χ3n) is 3.25. The number of ether oxygens (including phenoxy) is 2. The molecule has 0 unspecified atom stereocenters. The Bertz CT molecular complexity index is 402. The number of hydrogen-bond acceptors (Lipinski definition) is 3. The van der Waals surface area contributed by atoms with E-state index in [2.05, 4.69) is 38.8 Å². The minimum atomic E-state index is 0.679. The molecule has 0 aliphatic carbocycles. The van der Waals surface area contributed by atoms with E-state index in [0.29, 0.717) is 13.2 Å². The first kappa shape index (κ1) is 14.7. The van der Waals surface area contributed by atoms with Crippen molar-refractivity contribution in [2.24, 2.45) is 0 Å². The fourth-order valence-corrected chi connectivity index (χ4v) is 1.93. The molecule has 0 spiro atoms. The van der Waals surface area contributed by atoms with Gasteiger partial charge in [-0.25, -0.2) is 0 Å². The highest BCUT2D eigenvalue weighted by molar-refractivity contribution is 5.67. The van der Waals surface area contributed by atoms with E-state index >= 15 is 0 Å². The fourth-order valence-electron chi connectivity index (χ4n) is 1.93. The number of nitrogens with zero attached hydrogens (tertiary/aromatic N) is 1. The van der Waals surface area contributed by atoms with E-state index in [1.54, 1.807) is 0 Å². The van der Waals surface area contributed by atoms with E-state index in [1.807, 2.05) is 13.8 Å². The molecule has 18 heavy (non-hydrogen) atoms. The van der Waals surface area contributed by atoms with Crippen LogP contribution in [0.1, 0.15) is 31.9 Å². The van der Waals surface area contributed by atoms with Gasteiger partial charge in [0.15, 0.2) is 0 Å². The van der Waals surface area contributed by atoms with Gasteiger partial charge in [0.2, 0.25) is 0 Å². The molecule has 0 saturated heterocycles. The van der Waals surface area contributed by atoms with Crippen molar-refractivity contribution < 1.29 is 9.47 Å². The van der Waals surface area contributed by atoms with E-state index in [0.717, 1.165) is 34.9 Å². The number of anilines is 1. The van der Waals surface area contributed by atoms with Gasteiger partial charge in [0.05, 0.1) is 18.9 Å². The summed E-state index contributed by atoms with van der Waals surface area (Å²) in [5, 5.41) is 0. The molecule has 0 heterocycles. The Labute approximate surface area is 111 Å². The van der Waals surface area contributed by atoms with Crippen LogP contribution in [-0.4, -0.2) is 26.8 Å². The molecule has 0 atom stereocenters. The molecule has 3 heteroatoms. The van der Waals surface area contributed by atoms with Gasteiger partial charge >= 0.3 is 0 Å². The van der Waals surface area contributed by atoms with Crippen molar-refractivity contribution >= 4 is 5.69 Å². The monoisotopic (exact) mass is 251 g/mol. The number of hydrogen-bond donors (Lipinski definition) is 0. The van der Waals surface area contributed by atoms with Gasteiger partial charge in [-0.3, -0.25) is 0 Å². The van der Waals surface area contributed by atoms with Gasteiger partial charge in [0.25, 0.3) is 0 Å².